The van der Waals surface area contributed by atoms with Gasteiger partial charge in [0.1, 0.15) is 0 Å². The first-order valence-electron chi connectivity index (χ1n) is 7.81. The maximum absolute atomic E-state index is 4.56. The van der Waals surface area contributed by atoms with Crippen molar-refractivity contribution in [2.24, 2.45) is 17.8 Å². The van der Waals surface area contributed by atoms with Crippen molar-refractivity contribution in [3.63, 3.8) is 0 Å². The van der Waals surface area contributed by atoms with Crippen LogP contribution in [0, 0.1) is 17.8 Å². The summed E-state index contributed by atoms with van der Waals surface area (Å²) in [4.78, 5) is 10.6. The molecule has 1 aromatic carbocycles. The van der Waals surface area contributed by atoms with Gasteiger partial charge in [0.2, 0.25) is 5.95 Å². The second kappa shape index (κ2) is 3.98. The number of nitrogens with one attached hydrogen (secondary N) is 2. The van der Waals surface area contributed by atoms with Crippen molar-refractivity contribution in [2.45, 2.75) is 18.9 Å². The molecular formula is C16H20N4. The molecule has 2 saturated carbocycles. The summed E-state index contributed by atoms with van der Waals surface area (Å²) < 4.78 is 0. The number of hydrogen-bond donors (Lipinski definition) is 2. The summed E-state index contributed by atoms with van der Waals surface area (Å²) >= 11 is 0. The van der Waals surface area contributed by atoms with Gasteiger partial charge in [-0.15, -0.1) is 0 Å². The molecule has 2 aliphatic carbocycles. The highest BCUT2D eigenvalue weighted by Gasteiger charge is 2.60. The van der Waals surface area contributed by atoms with Crippen LogP contribution >= 0.6 is 0 Å². The molecular weight excluding hydrogens is 248 g/mol. The number of likely N-dealkylation sites (tertiary alicyclic amines) is 1. The van der Waals surface area contributed by atoms with E-state index in [1.54, 1.807) is 0 Å². The van der Waals surface area contributed by atoms with Gasteiger partial charge < -0.3 is 10.3 Å². The number of aromatic nitrogens is 2. The van der Waals surface area contributed by atoms with Crippen LogP contribution in [0.25, 0.3) is 11.0 Å². The summed E-state index contributed by atoms with van der Waals surface area (Å²) in [5.74, 6) is 4.09. The molecule has 4 nitrogen and oxygen atoms in total. The van der Waals surface area contributed by atoms with E-state index in [-0.39, 0.29) is 0 Å². The topological polar surface area (TPSA) is 44.0 Å². The first kappa shape index (κ1) is 11.1. The Balaban J connectivity index is 1.21. The van der Waals surface area contributed by atoms with Gasteiger partial charge in [-0.3, -0.25) is 4.90 Å². The molecule has 1 aromatic heterocycles. The summed E-state index contributed by atoms with van der Waals surface area (Å²) in [7, 11) is 0. The van der Waals surface area contributed by atoms with Crippen molar-refractivity contribution in [3.05, 3.63) is 24.3 Å². The normalized spacial score (nSPS) is 34.6. The molecule has 4 atom stereocenters. The third-order valence-corrected chi connectivity index (χ3v) is 5.55. The van der Waals surface area contributed by atoms with Crippen molar-refractivity contribution in [2.75, 3.05) is 25.0 Å². The van der Waals surface area contributed by atoms with E-state index in [0.29, 0.717) is 0 Å². The minimum absolute atomic E-state index is 0.903. The van der Waals surface area contributed by atoms with Gasteiger partial charge in [-0.1, -0.05) is 12.1 Å². The van der Waals surface area contributed by atoms with Crippen molar-refractivity contribution in [1.29, 1.82) is 0 Å². The third-order valence-electron chi connectivity index (χ3n) is 5.55. The fourth-order valence-corrected chi connectivity index (χ4v) is 4.56. The SMILES string of the molecule is c1ccc2[nH]c(NCCN3C[C@@H]4C[C@H]3[C@H]3C[C@@H]43)nc2c1. The average Bonchev–Trinajstić information content (AvgIpc) is 2.87. The fraction of sp³-hybridized carbons (Fsp3) is 0.562. The summed E-state index contributed by atoms with van der Waals surface area (Å²) in [6.07, 6.45) is 2.99. The highest BCUT2D eigenvalue weighted by molar-refractivity contribution is 5.77. The second-order valence-corrected chi connectivity index (χ2v) is 6.65. The van der Waals surface area contributed by atoms with Crippen LogP contribution in [-0.2, 0) is 0 Å². The molecule has 0 radical (unpaired) electrons. The number of rotatable bonds is 4. The molecule has 3 aliphatic rings. The first-order valence-corrected chi connectivity index (χ1v) is 7.81. The lowest BCUT2D eigenvalue weighted by molar-refractivity contribution is 0.211. The minimum atomic E-state index is 0.903. The number of anilines is 1. The Morgan fingerprint density at radius 1 is 1.25 bits per heavy atom. The van der Waals surface area contributed by atoms with E-state index >= 15 is 0 Å². The Labute approximate surface area is 118 Å². The summed E-state index contributed by atoms with van der Waals surface area (Å²) in [6.45, 7) is 3.48. The minimum Gasteiger partial charge on any atom is -0.355 e. The Kier molecular flexibility index (Phi) is 2.22. The third kappa shape index (κ3) is 1.61. The number of imidazole rings is 1. The Morgan fingerprint density at radius 3 is 3.05 bits per heavy atom. The van der Waals surface area contributed by atoms with Gasteiger partial charge in [0, 0.05) is 25.7 Å². The van der Waals surface area contributed by atoms with Gasteiger partial charge in [-0.2, -0.15) is 0 Å². The largest absolute Gasteiger partial charge is 0.355 e. The molecule has 1 saturated heterocycles. The Hall–Kier alpha value is -1.55. The fourth-order valence-electron chi connectivity index (χ4n) is 4.56. The number of para-hydroxylation sites is 2. The number of fused-ring (bicyclic) bond motifs is 6. The van der Waals surface area contributed by atoms with Gasteiger partial charge in [-0.05, 0) is 42.7 Å². The lowest BCUT2D eigenvalue weighted by atomic mass is 10.1. The predicted molar refractivity (Wildman–Crippen MR) is 79.6 cm³/mol. The van der Waals surface area contributed by atoms with E-state index in [4.69, 9.17) is 0 Å². The smallest absolute Gasteiger partial charge is 0.201 e. The monoisotopic (exact) mass is 268 g/mol. The van der Waals surface area contributed by atoms with E-state index < -0.39 is 0 Å². The average molecular weight is 268 g/mol. The van der Waals surface area contributed by atoms with Crippen molar-refractivity contribution in [3.8, 4) is 0 Å². The van der Waals surface area contributed by atoms with Crippen LogP contribution in [0.15, 0.2) is 24.3 Å². The molecule has 5 rings (SSSR count). The number of nitrogens with zero attached hydrogens (tertiary/aromatic N) is 2. The predicted octanol–water partition coefficient (Wildman–Crippen LogP) is 2.32. The zero-order valence-corrected chi connectivity index (χ0v) is 11.5. The number of piperidine rings is 1. The number of hydrogen-bond acceptors (Lipinski definition) is 3. The maximum Gasteiger partial charge on any atom is 0.201 e. The first-order chi connectivity index (χ1) is 9.88. The van der Waals surface area contributed by atoms with Gasteiger partial charge >= 0.3 is 0 Å². The number of benzene rings is 1. The standard InChI is InChI=1S/C16H20N4/c1-2-4-14-13(3-1)18-16(19-14)17-5-6-20-9-10-7-15(20)12-8-11(10)12/h1-4,10-12,15H,5-9H2,(H2,17,18,19)/t10-,11-,12-,15-/m0/s1. The molecule has 3 fully saturated rings. The zero-order chi connectivity index (χ0) is 13.1. The zero-order valence-electron chi connectivity index (χ0n) is 11.5. The van der Waals surface area contributed by atoms with Crippen molar-refractivity contribution < 1.29 is 0 Å². The van der Waals surface area contributed by atoms with E-state index in [0.717, 1.165) is 53.9 Å². The molecule has 1 aliphatic heterocycles. The molecule has 2 N–H and O–H groups in total. The second-order valence-electron chi connectivity index (χ2n) is 6.65. The molecule has 0 unspecified atom stereocenters. The molecule has 4 heteroatoms. The van der Waals surface area contributed by atoms with Crippen LogP contribution in [0.2, 0.25) is 0 Å². The maximum atomic E-state index is 4.56. The summed E-state index contributed by atoms with van der Waals surface area (Å²) in [5.41, 5.74) is 2.15. The van der Waals surface area contributed by atoms with Gasteiger partial charge in [0.25, 0.3) is 0 Å². The van der Waals surface area contributed by atoms with Crippen molar-refractivity contribution in [1.82, 2.24) is 14.9 Å². The molecule has 104 valence electrons. The van der Waals surface area contributed by atoms with Crippen LogP contribution < -0.4 is 5.32 Å². The van der Waals surface area contributed by atoms with Gasteiger partial charge in [0.15, 0.2) is 0 Å². The molecule has 20 heavy (non-hydrogen) atoms. The van der Waals surface area contributed by atoms with E-state index in [9.17, 15) is 0 Å². The highest BCUT2D eigenvalue weighted by atomic mass is 15.2. The molecule has 2 heterocycles. The molecule has 2 aromatic rings. The molecule has 2 bridgehead atoms. The van der Waals surface area contributed by atoms with Gasteiger partial charge in [0.05, 0.1) is 11.0 Å². The Morgan fingerprint density at radius 2 is 2.20 bits per heavy atom. The molecule has 0 spiro atoms. The lowest BCUT2D eigenvalue weighted by Gasteiger charge is -2.26. The highest BCUT2D eigenvalue weighted by Crippen LogP contribution is 2.60. The van der Waals surface area contributed by atoms with Crippen LogP contribution in [0.1, 0.15) is 12.8 Å². The van der Waals surface area contributed by atoms with Gasteiger partial charge in [-0.25, -0.2) is 4.98 Å². The number of aromatic amines is 1. The van der Waals surface area contributed by atoms with Crippen LogP contribution in [0.5, 0.6) is 0 Å². The van der Waals surface area contributed by atoms with E-state index in [2.05, 4.69) is 26.3 Å². The Bertz CT molecular complexity index is 616. The van der Waals surface area contributed by atoms with Crippen LogP contribution in [0.3, 0.4) is 0 Å². The number of H-pyrrole nitrogens is 1. The van der Waals surface area contributed by atoms with E-state index in [1.807, 2.05) is 18.2 Å². The summed E-state index contributed by atoms with van der Waals surface area (Å²) in [6, 6.07) is 9.09. The van der Waals surface area contributed by atoms with Crippen LogP contribution in [-0.4, -0.2) is 40.5 Å². The van der Waals surface area contributed by atoms with Crippen molar-refractivity contribution >= 4 is 17.0 Å². The lowest BCUT2D eigenvalue weighted by Crippen LogP contribution is -2.37. The summed E-state index contributed by atoms with van der Waals surface area (Å²) in [5, 5.41) is 3.44. The van der Waals surface area contributed by atoms with Crippen LogP contribution in [0.4, 0.5) is 5.95 Å². The van der Waals surface area contributed by atoms with E-state index in [1.165, 1.54) is 19.4 Å². The molecule has 0 amide bonds. The quantitative estimate of drug-likeness (QED) is 0.894.